The van der Waals surface area contributed by atoms with Crippen LogP contribution in [0.5, 0.6) is 0 Å². The molecule has 2 aromatic carbocycles. The van der Waals surface area contributed by atoms with Gasteiger partial charge < -0.3 is 4.90 Å². The average molecular weight is 335 g/mol. The minimum Gasteiger partial charge on any atom is -0.326 e. The van der Waals surface area contributed by atoms with E-state index in [0.717, 1.165) is 11.1 Å². The zero-order valence-electron chi connectivity index (χ0n) is 15.3. The number of rotatable bonds is 6. The first-order valence-corrected chi connectivity index (χ1v) is 8.38. The monoisotopic (exact) mass is 335 g/mol. The van der Waals surface area contributed by atoms with Gasteiger partial charge in [-0.3, -0.25) is 10.1 Å². The lowest BCUT2D eigenvalue weighted by Gasteiger charge is -2.30. The van der Waals surface area contributed by atoms with Crippen molar-refractivity contribution in [1.82, 2.24) is 10.2 Å². The van der Waals surface area contributed by atoms with Crippen molar-refractivity contribution in [2.45, 2.75) is 32.4 Å². The summed E-state index contributed by atoms with van der Waals surface area (Å²) in [5.41, 5.74) is 2.57. The van der Waals surface area contributed by atoms with Gasteiger partial charge in [0.2, 0.25) is 5.91 Å². The number of carbonyl (C=O) groups is 1. The van der Waals surface area contributed by atoms with Crippen LogP contribution in [0.25, 0.3) is 0 Å². The van der Waals surface area contributed by atoms with Crippen LogP contribution in [0.1, 0.15) is 36.6 Å². The first-order chi connectivity index (χ1) is 11.8. The highest BCUT2D eigenvalue weighted by Gasteiger charge is 2.27. The number of nitrogens with one attached hydrogen (secondary N) is 1. The van der Waals surface area contributed by atoms with Gasteiger partial charge in [-0.1, -0.05) is 60.2 Å². The summed E-state index contributed by atoms with van der Waals surface area (Å²) >= 11 is 0. The van der Waals surface area contributed by atoms with E-state index in [0.29, 0.717) is 0 Å². The molecule has 0 saturated carbocycles. The summed E-state index contributed by atoms with van der Waals surface area (Å²) in [5, 5.41) is 12.6. The Labute approximate surface area is 150 Å². The number of amides is 1. The van der Waals surface area contributed by atoms with Crippen LogP contribution in [0.4, 0.5) is 0 Å². The van der Waals surface area contributed by atoms with E-state index in [2.05, 4.69) is 42.6 Å². The first-order valence-electron chi connectivity index (χ1n) is 8.38. The molecule has 0 fully saturated rings. The summed E-state index contributed by atoms with van der Waals surface area (Å²) in [5.74, 6) is -0.111. The van der Waals surface area contributed by atoms with E-state index in [1.807, 2.05) is 30.3 Å². The van der Waals surface area contributed by atoms with Gasteiger partial charge in [-0.2, -0.15) is 5.26 Å². The summed E-state index contributed by atoms with van der Waals surface area (Å²) in [6.45, 7) is 5.69. The fourth-order valence-electron chi connectivity index (χ4n) is 2.53. The minimum absolute atomic E-state index is 0.0793. The van der Waals surface area contributed by atoms with Crippen LogP contribution in [0.2, 0.25) is 0 Å². The largest absolute Gasteiger partial charge is 0.326 e. The molecule has 4 heteroatoms. The van der Waals surface area contributed by atoms with Crippen molar-refractivity contribution in [3.8, 4) is 6.07 Å². The number of carbonyl (C=O) groups excluding carboxylic acids is 1. The van der Waals surface area contributed by atoms with E-state index in [-0.39, 0.29) is 18.5 Å². The fraction of sp³-hybridized carbons (Fsp3) is 0.333. The smallest absolute Gasteiger partial charge is 0.237 e. The Morgan fingerprint density at radius 2 is 1.68 bits per heavy atom. The van der Waals surface area contributed by atoms with Gasteiger partial charge in [-0.15, -0.1) is 0 Å². The molecule has 0 radical (unpaired) electrons. The lowest BCUT2D eigenvalue weighted by Crippen LogP contribution is -2.47. The van der Waals surface area contributed by atoms with Crippen molar-refractivity contribution in [1.29, 1.82) is 5.26 Å². The molecular formula is C21H25N3O. The van der Waals surface area contributed by atoms with E-state index >= 15 is 0 Å². The molecule has 0 aromatic heterocycles. The van der Waals surface area contributed by atoms with Crippen molar-refractivity contribution in [2.75, 3.05) is 13.6 Å². The molecule has 4 nitrogen and oxygen atoms in total. The second-order valence-electron chi connectivity index (χ2n) is 6.76. The van der Waals surface area contributed by atoms with E-state index in [1.165, 1.54) is 10.5 Å². The molecule has 2 aromatic rings. The molecule has 1 N–H and O–H groups in total. The zero-order chi connectivity index (χ0) is 18.4. The van der Waals surface area contributed by atoms with E-state index in [1.54, 1.807) is 20.9 Å². The van der Waals surface area contributed by atoms with Crippen LogP contribution in [0.3, 0.4) is 0 Å². The topological polar surface area (TPSA) is 56.1 Å². The second-order valence-corrected chi connectivity index (χ2v) is 6.76. The normalized spacial score (nSPS) is 12.3. The molecule has 0 aliphatic carbocycles. The summed E-state index contributed by atoms with van der Waals surface area (Å²) in [7, 11) is 1.66. The molecule has 0 heterocycles. The van der Waals surface area contributed by atoms with Gasteiger partial charge in [0.25, 0.3) is 0 Å². The molecule has 0 aliphatic rings. The maximum Gasteiger partial charge on any atom is 0.237 e. The Morgan fingerprint density at radius 1 is 1.12 bits per heavy atom. The summed E-state index contributed by atoms with van der Waals surface area (Å²) in [6.07, 6.45) is 0. The number of benzene rings is 2. The number of nitrogens with zero attached hydrogens (tertiary/aromatic N) is 2. The van der Waals surface area contributed by atoms with Gasteiger partial charge in [-0.05, 0) is 31.9 Å². The Morgan fingerprint density at radius 3 is 2.24 bits per heavy atom. The number of likely N-dealkylation sites (N-methyl/N-ethyl adjacent to an activating group) is 1. The highest BCUT2D eigenvalue weighted by atomic mass is 16.2. The van der Waals surface area contributed by atoms with Gasteiger partial charge in [0.05, 0.1) is 18.7 Å². The second kappa shape index (κ2) is 7.96. The maximum atomic E-state index is 12.5. The molecule has 1 atom stereocenters. The number of nitriles is 1. The van der Waals surface area contributed by atoms with Crippen LogP contribution in [-0.2, 0) is 4.79 Å². The Hall–Kier alpha value is -2.64. The molecular weight excluding hydrogens is 310 g/mol. The SMILES string of the molecule is Cc1ccc([C@@H](NCC(=O)N(C)C(C)(C)C#N)c2ccccc2)cc1. The van der Waals surface area contributed by atoms with Crippen molar-refractivity contribution in [3.63, 3.8) is 0 Å². The highest BCUT2D eigenvalue weighted by molar-refractivity contribution is 5.79. The van der Waals surface area contributed by atoms with Crippen molar-refractivity contribution >= 4 is 5.91 Å². The predicted octanol–water partition coefficient (Wildman–Crippen LogP) is 3.43. The number of hydrogen-bond donors (Lipinski definition) is 1. The maximum absolute atomic E-state index is 12.5. The van der Waals surface area contributed by atoms with Crippen LogP contribution < -0.4 is 5.32 Å². The van der Waals surface area contributed by atoms with Gasteiger partial charge in [-0.25, -0.2) is 0 Å². The molecule has 0 unspecified atom stereocenters. The Kier molecular flexibility index (Phi) is 5.95. The predicted molar refractivity (Wildman–Crippen MR) is 99.9 cm³/mol. The van der Waals surface area contributed by atoms with Gasteiger partial charge in [0, 0.05) is 7.05 Å². The van der Waals surface area contributed by atoms with Crippen molar-refractivity contribution in [3.05, 3.63) is 71.3 Å². The fourth-order valence-corrected chi connectivity index (χ4v) is 2.53. The lowest BCUT2D eigenvalue weighted by molar-refractivity contribution is -0.132. The standard InChI is InChI=1S/C21H25N3O/c1-16-10-12-18(13-11-16)20(17-8-6-5-7-9-17)23-14-19(25)24(4)21(2,3)15-22/h5-13,20,23H,14H2,1-4H3/t20-/m0/s1. The van der Waals surface area contributed by atoms with Gasteiger partial charge >= 0.3 is 0 Å². The van der Waals surface area contributed by atoms with Gasteiger partial charge in [0.15, 0.2) is 0 Å². The van der Waals surface area contributed by atoms with E-state index in [4.69, 9.17) is 0 Å². The Bertz CT molecular complexity index is 745. The minimum atomic E-state index is -0.829. The third-order valence-electron chi connectivity index (χ3n) is 4.49. The molecule has 0 saturated heterocycles. The third-order valence-corrected chi connectivity index (χ3v) is 4.49. The average Bonchev–Trinajstić information content (AvgIpc) is 2.63. The lowest BCUT2D eigenvalue weighted by atomic mass is 9.97. The third kappa shape index (κ3) is 4.68. The molecule has 2 rings (SSSR count). The number of aryl methyl sites for hydroxylation is 1. The molecule has 1 amide bonds. The quantitative estimate of drug-likeness (QED) is 0.880. The van der Waals surface area contributed by atoms with Crippen LogP contribution in [-0.4, -0.2) is 29.9 Å². The highest BCUT2D eigenvalue weighted by Crippen LogP contribution is 2.22. The van der Waals surface area contributed by atoms with Crippen LogP contribution in [0, 0.1) is 18.3 Å². The summed E-state index contributed by atoms with van der Waals surface area (Å²) in [4.78, 5) is 14.0. The molecule has 0 bridgehead atoms. The first kappa shape index (κ1) is 18.7. The molecule has 130 valence electrons. The molecule has 25 heavy (non-hydrogen) atoms. The van der Waals surface area contributed by atoms with E-state index in [9.17, 15) is 10.1 Å². The van der Waals surface area contributed by atoms with Crippen molar-refractivity contribution < 1.29 is 4.79 Å². The summed E-state index contributed by atoms with van der Waals surface area (Å²) in [6, 6.07) is 20.4. The molecule has 0 spiro atoms. The zero-order valence-corrected chi connectivity index (χ0v) is 15.3. The summed E-state index contributed by atoms with van der Waals surface area (Å²) < 4.78 is 0. The van der Waals surface area contributed by atoms with E-state index < -0.39 is 5.54 Å². The molecule has 0 aliphatic heterocycles. The van der Waals surface area contributed by atoms with Crippen molar-refractivity contribution in [2.24, 2.45) is 0 Å². The van der Waals surface area contributed by atoms with Crippen LogP contribution >= 0.6 is 0 Å². The van der Waals surface area contributed by atoms with Crippen LogP contribution in [0.15, 0.2) is 54.6 Å². The number of hydrogen-bond acceptors (Lipinski definition) is 3. The Balaban J connectivity index is 2.19. The van der Waals surface area contributed by atoms with Gasteiger partial charge in [0.1, 0.15) is 5.54 Å².